The van der Waals surface area contributed by atoms with Gasteiger partial charge in [0, 0.05) is 14.1 Å². The van der Waals surface area contributed by atoms with Crippen molar-refractivity contribution in [3.63, 3.8) is 0 Å². The third kappa shape index (κ3) is 5.32. The van der Waals surface area contributed by atoms with Crippen LogP contribution in [0.25, 0.3) is 0 Å². The van der Waals surface area contributed by atoms with E-state index in [1.165, 1.54) is 16.4 Å². The molecule has 4 aromatic rings. The fourth-order valence-corrected chi connectivity index (χ4v) is 3.57. The summed E-state index contributed by atoms with van der Waals surface area (Å²) in [5.74, 6) is 0.370. The SMILES string of the molecule is Cc1c(NC(=O)c2c(NC(=O)c3ccc(COc4ccc(C(C)(C)C)cc4)o3)cnn2C)cnn1C. The van der Waals surface area contributed by atoms with Gasteiger partial charge in [0.05, 0.1) is 29.5 Å². The van der Waals surface area contributed by atoms with Gasteiger partial charge in [0.1, 0.15) is 23.8 Å². The van der Waals surface area contributed by atoms with Gasteiger partial charge in [-0.15, -0.1) is 0 Å². The monoisotopic (exact) mass is 490 g/mol. The van der Waals surface area contributed by atoms with E-state index in [1.54, 1.807) is 37.1 Å². The third-order valence-electron chi connectivity index (χ3n) is 5.87. The number of aryl methyl sites for hydroxylation is 2. The summed E-state index contributed by atoms with van der Waals surface area (Å²) in [5.41, 5.74) is 3.10. The lowest BCUT2D eigenvalue weighted by Gasteiger charge is -2.19. The number of carbonyl (C=O) groups excluding carboxylic acids is 2. The number of amides is 2. The fraction of sp³-hybridized carbons (Fsp3) is 0.308. The van der Waals surface area contributed by atoms with Crippen LogP contribution in [0, 0.1) is 6.92 Å². The standard InChI is InChI=1S/C26H30N6O4/c1-16-20(13-27-31(16)5)29-25(34)23-21(14-28-32(23)6)30-24(33)22-12-11-19(36-22)15-35-18-9-7-17(8-10-18)26(2,3)4/h7-14H,15H2,1-6H3,(H,29,34)(H,30,33). The Morgan fingerprint density at radius 2 is 1.56 bits per heavy atom. The predicted octanol–water partition coefficient (Wildman–Crippen LogP) is 4.44. The Morgan fingerprint density at radius 3 is 2.19 bits per heavy atom. The van der Waals surface area contributed by atoms with Gasteiger partial charge in [-0.1, -0.05) is 32.9 Å². The summed E-state index contributed by atoms with van der Waals surface area (Å²) in [7, 11) is 3.41. The molecule has 0 fully saturated rings. The highest BCUT2D eigenvalue weighted by Gasteiger charge is 2.22. The lowest BCUT2D eigenvalue weighted by molar-refractivity contribution is 0.0992. The molecule has 0 saturated carbocycles. The van der Waals surface area contributed by atoms with Gasteiger partial charge in [0.15, 0.2) is 5.76 Å². The Balaban J connectivity index is 1.39. The van der Waals surface area contributed by atoms with Crippen LogP contribution in [-0.2, 0) is 26.1 Å². The third-order valence-corrected chi connectivity index (χ3v) is 5.87. The first-order valence-electron chi connectivity index (χ1n) is 11.5. The summed E-state index contributed by atoms with van der Waals surface area (Å²) in [6, 6.07) is 11.1. The number of nitrogens with one attached hydrogen (secondary N) is 2. The average molecular weight is 491 g/mol. The quantitative estimate of drug-likeness (QED) is 0.396. The minimum absolute atomic E-state index is 0.0638. The number of hydrogen-bond donors (Lipinski definition) is 2. The van der Waals surface area contributed by atoms with Crippen LogP contribution < -0.4 is 15.4 Å². The fourth-order valence-electron chi connectivity index (χ4n) is 3.57. The number of carbonyl (C=O) groups is 2. The second-order valence-electron chi connectivity index (χ2n) is 9.53. The van der Waals surface area contributed by atoms with Crippen molar-refractivity contribution in [2.75, 3.05) is 10.6 Å². The van der Waals surface area contributed by atoms with Crippen molar-refractivity contribution in [3.05, 3.63) is 77.3 Å². The molecule has 2 N–H and O–H groups in total. The minimum Gasteiger partial charge on any atom is -0.486 e. The summed E-state index contributed by atoms with van der Waals surface area (Å²) in [6.45, 7) is 8.48. The van der Waals surface area contributed by atoms with Crippen molar-refractivity contribution in [2.24, 2.45) is 14.1 Å². The van der Waals surface area contributed by atoms with Gasteiger partial charge in [0.25, 0.3) is 11.8 Å². The molecule has 4 rings (SSSR count). The normalized spacial score (nSPS) is 11.4. The largest absolute Gasteiger partial charge is 0.486 e. The van der Waals surface area contributed by atoms with Crippen molar-refractivity contribution in [3.8, 4) is 5.75 Å². The van der Waals surface area contributed by atoms with Crippen LogP contribution in [-0.4, -0.2) is 31.4 Å². The lowest BCUT2D eigenvalue weighted by Crippen LogP contribution is -2.20. The van der Waals surface area contributed by atoms with E-state index in [-0.39, 0.29) is 29.2 Å². The van der Waals surface area contributed by atoms with Crippen molar-refractivity contribution in [1.29, 1.82) is 0 Å². The topological polar surface area (TPSA) is 116 Å². The summed E-state index contributed by atoms with van der Waals surface area (Å²) >= 11 is 0. The number of nitrogens with zero attached hydrogens (tertiary/aromatic N) is 4. The number of aromatic nitrogens is 4. The lowest BCUT2D eigenvalue weighted by atomic mass is 9.87. The zero-order valence-electron chi connectivity index (χ0n) is 21.2. The summed E-state index contributed by atoms with van der Waals surface area (Å²) in [6.07, 6.45) is 2.98. The van der Waals surface area contributed by atoms with E-state index >= 15 is 0 Å². The number of benzene rings is 1. The van der Waals surface area contributed by atoms with Crippen molar-refractivity contribution >= 4 is 23.2 Å². The van der Waals surface area contributed by atoms with E-state index in [0.29, 0.717) is 17.2 Å². The molecule has 1 aromatic carbocycles. The van der Waals surface area contributed by atoms with Crippen molar-refractivity contribution in [2.45, 2.75) is 39.7 Å². The number of rotatable bonds is 7. The molecule has 10 heteroatoms. The van der Waals surface area contributed by atoms with Crippen LogP contribution in [0.3, 0.4) is 0 Å². The van der Waals surface area contributed by atoms with Gasteiger partial charge in [-0.25, -0.2) is 0 Å². The van der Waals surface area contributed by atoms with E-state index in [1.807, 2.05) is 31.2 Å². The molecule has 0 aliphatic rings. The Hall–Kier alpha value is -4.34. The van der Waals surface area contributed by atoms with Gasteiger partial charge in [-0.3, -0.25) is 19.0 Å². The highest BCUT2D eigenvalue weighted by molar-refractivity contribution is 6.11. The maximum atomic E-state index is 12.9. The molecular weight excluding hydrogens is 460 g/mol. The van der Waals surface area contributed by atoms with Crippen LogP contribution in [0.15, 0.2) is 53.2 Å². The average Bonchev–Trinajstić information content (AvgIpc) is 3.53. The number of anilines is 2. The Labute approximate surface area is 209 Å². The van der Waals surface area contributed by atoms with E-state index < -0.39 is 11.8 Å². The molecule has 188 valence electrons. The molecule has 0 bridgehead atoms. The Bertz CT molecular complexity index is 1390. The first-order chi connectivity index (χ1) is 17.0. The smallest absolute Gasteiger partial charge is 0.291 e. The van der Waals surface area contributed by atoms with E-state index in [2.05, 4.69) is 41.6 Å². The second kappa shape index (κ2) is 9.73. The predicted molar refractivity (Wildman–Crippen MR) is 135 cm³/mol. The first kappa shape index (κ1) is 24.8. The van der Waals surface area contributed by atoms with Gasteiger partial charge >= 0.3 is 0 Å². The zero-order valence-corrected chi connectivity index (χ0v) is 21.2. The minimum atomic E-state index is -0.504. The molecule has 3 heterocycles. The second-order valence-corrected chi connectivity index (χ2v) is 9.53. The molecule has 36 heavy (non-hydrogen) atoms. The summed E-state index contributed by atoms with van der Waals surface area (Å²) in [4.78, 5) is 25.7. The first-order valence-corrected chi connectivity index (χ1v) is 11.5. The maximum Gasteiger partial charge on any atom is 0.291 e. The molecule has 0 spiro atoms. The molecule has 0 aliphatic heterocycles. The molecule has 0 unspecified atom stereocenters. The van der Waals surface area contributed by atoms with Crippen LogP contribution in [0.4, 0.5) is 11.4 Å². The zero-order chi connectivity index (χ0) is 26.0. The number of furan rings is 1. The highest BCUT2D eigenvalue weighted by atomic mass is 16.5. The molecule has 0 saturated heterocycles. The molecule has 3 aromatic heterocycles. The van der Waals surface area contributed by atoms with Gasteiger partial charge < -0.3 is 19.8 Å². The Kier molecular flexibility index (Phi) is 6.69. The molecule has 2 amide bonds. The molecular formula is C26H30N6O4. The summed E-state index contributed by atoms with van der Waals surface area (Å²) < 4.78 is 14.5. The molecule has 0 atom stereocenters. The van der Waals surface area contributed by atoms with Crippen LogP contribution in [0.5, 0.6) is 5.75 Å². The van der Waals surface area contributed by atoms with Gasteiger partial charge in [-0.2, -0.15) is 10.2 Å². The Morgan fingerprint density at radius 1 is 0.917 bits per heavy atom. The number of ether oxygens (including phenoxy) is 1. The maximum absolute atomic E-state index is 12.9. The highest BCUT2D eigenvalue weighted by Crippen LogP contribution is 2.25. The molecule has 10 nitrogen and oxygen atoms in total. The van der Waals surface area contributed by atoms with Crippen molar-refractivity contribution < 1.29 is 18.7 Å². The van der Waals surface area contributed by atoms with E-state index in [9.17, 15) is 9.59 Å². The van der Waals surface area contributed by atoms with Gasteiger partial charge in [-0.05, 0) is 42.2 Å². The summed E-state index contributed by atoms with van der Waals surface area (Å²) in [5, 5.41) is 13.7. The van der Waals surface area contributed by atoms with Crippen molar-refractivity contribution in [1.82, 2.24) is 19.6 Å². The molecule has 0 radical (unpaired) electrons. The number of hydrogen-bond acceptors (Lipinski definition) is 6. The van der Waals surface area contributed by atoms with Crippen LogP contribution in [0.1, 0.15) is 58.8 Å². The van der Waals surface area contributed by atoms with E-state index in [4.69, 9.17) is 9.15 Å². The van der Waals surface area contributed by atoms with E-state index in [0.717, 1.165) is 5.69 Å². The van der Waals surface area contributed by atoms with Crippen LogP contribution >= 0.6 is 0 Å². The van der Waals surface area contributed by atoms with Crippen LogP contribution in [0.2, 0.25) is 0 Å². The molecule has 0 aliphatic carbocycles. The van der Waals surface area contributed by atoms with Gasteiger partial charge in [0.2, 0.25) is 0 Å².